The maximum atomic E-state index is 13.1. The minimum atomic E-state index is -0.506. The fourth-order valence-electron chi connectivity index (χ4n) is 1.92. The molecule has 0 amide bonds. The SMILES string of the molecule is Cc1nc(N(C)Cc2cccc(F)c2)sc1C(C)O. The lowest BCUT2D eigenvalue weighted by Crippen LogP contribution is -2.16. The Bertz CT molecular complexity index is 568. The van der Waals surface area contributed by atoms with Crippen LogP contribution in [0.1, 0.15) is 29.2 Å². The Morgan fingerprint density at radius 1 is 1.47 bits per heavy atom. The molecule has 1 N–H and O–H groups in total. The zero-order chi connectivity index (χ0) is 14.0. The molecule has 0 fully saturated rings. The van der Waals surface area contributed by atoms with Crippen LogP contribution in [0.15, 0.2) is 24.3 Å². The van der Waals surface area contributed by atoms with Crippen molar-refractivity contribution in [2.24, 2.45) is 0 Å². The van der Waals surface area contributed by atoms with Crippen LogP contribution in [0.3, 0.4) is 0 Å². The molecule has 19 heavy (non-hydrogen) atoms. The average Bonchev–Trinajstić information content (AvgIpc) is 2.71. The first-order valence-corrected chi connectivity index (χ1v) is 6.90. The van der Waals surface area contributed by atoms with Crippen LogP contribution in [-0.2, 0) is 6.54 Å². The number of nitrogens with zero attached hydrogens (tertiary/aromatic N) is 2. The molecule has 0 radical (unpaired) electrons. The van der Waals surface area contributed by atoms with Gasteiger partial charge in [0.1, 0.15) is 5.82 Å². The van der Waals surface area contributed by atoms with Gasteiger partial charge >= 0.3 is 0 Å². The van der Waals surface area contributed by atoms with Gasteiger partial charge in [0, 0.05) is 13.6 Å². The molecule has 1 atom stereocenters. The van der Waals surface area contributed by atoms with Gasteiger partial charge in [0.15, 0.2) is 5.13 Å². The number of benzene rings is 1. The van der Waals surface area contributed by atoms with Crippen molar-refractivity contribution in [3.8, 4) is 0 Å². The third kappa shape index (κ3) is 3.30. The van der Waals surface area contributed by atoms with E-state index >= 15 is 0 Å². The summed E-state index contributed by atoms with van der Waals surface area (Å²) in [4.78, 5) is 7.27. The predicted molar refractivity (Wildman–Crippen MR) is 76.0 cm³/mol. The number of aromatic nitrogens is 1. The molecule has 5 heteroatoms. The second-order valence-corrected chi connectivity index (χ2v) is 5.62. The average molecular weight is 280 g/mol. The van der Waals surface area contributed by atoms with Crippen LogP contribution < -0.4 is 4.90 Å². The molecule has 0 aliphatic heterocycles. The first kappa shape index (κ1) is 14.0. The number of aliphatic hydroxyl groups excluding tert-OH is 1. The molecule has 3 nitrogen and oxygen atoms in total. The van der Waals surface area contributed by atoms with Crippen molar-refractivity contribution >= 4 is 16.5 Å². The molecule has 102 valence electrons. The van der Waals surface area contributed by atoms with Crippen LogP contribution in [0.25, 0.3) is 0 Å². The van der Waals surface area contributed by atoms with Crippen LogP contribution in [0, 0.1) is 12.7 Å². The predicted octanol–water partition coefficient (Wildman–Crippen LogP) is 3.28. The number of anilines is 1. The van der Waals surface area contributed by atoms with Gasteiger partial charge in [-0.2, -0.15) is 0 Å². The molecule has 0 aliphatic rings. The molecule has 0 bridgehead atoms. The van der Waals surface area contributed by atoms with Gasteiger partial charge in [-0.3, -0.25) is 0 Å². The molecule has 0 aliphatic carbocycles. The van der Waals surface area contributed by atoms with Crippen molar-refractivity contribution in [1.29, 1.82) is 0 Å². The summed E-state index contributed by atoms with van der Waals surface area (Å²) in [6.45, 7) is 4.21. The van der Waals surface area contributed by atoms with Gasteiger partial charge in [-0.25, -0.2) is 9.37 Å². The first-order valence-electron chi connectivity index (χ1n) is 6.08. The summed E-state index contributed by atoms with van der Waals surface area (Å²) in [6, 6.07) is 6.54. The van der Waals surface area contributed by atoms with Crippen molar-refractivity contribution in [3.63, 3.8) is 0 Å². The third-order valence-corrected chi connectivity index (χ3v) is 4.28. The number of hydrogen-bond acceptors (Lipinski definition) is 4. The molecule has 1 unspecified atom stereocenters. The summed E-state index contributed by atoms with van der Waals surface area (Å²) in [7, 11) is 1.91. The van der Waals surface area contributed by atoms with Crippen LogP contribution in [0.5, 0.6) is 0 Å². The van der Waals surface area contributed by atoms with E-state index < -0.39 is 6.10 Å². The maximum Gasteiger partial charge on any atom is 0.185 e. The van der Waals surface area contributed by atoms with Crippen molar-refractivity contribution in [3.05, 3.63) is 46.2 Å². The van der Waals surface area contributed by atoms with E-state index in [-0.39, 0.29) is 5.82 Å². The second-order valence-electron chi connectivity index (χ2n) is 4.61. The molecular weight excluding hydrogens is 263 g/mol. The summed E-state index contributed by atoms with van der Waals surface area (Å²) in [5, 5.41) is 10.5. The van der Waals surface area contributed by atoms with Crippen LogP contribution in [0.4, 0.5) is 9.52 Å². The summed E-state index contributed by atoms with van der Waals surface area (Å²) >= 11 is 1.47. The first-order chi connectivity index (χ1) is 8.97. The Hall–Kier alpha value is -1.46. The number of rotatable bonds is 4. The molecule has 1 aromatic heterocycles. The number of aliphatic hydroxyl groups is 1. The van der Waals surface area contributed by atoms with Gasteiger partial charge in [-0.15, -0.1) is 0 Å². The standard InChI is InChI=1S/C14H17FN2OS/c1-9-13(10(2)18)19-14(16-9)17(3)8-11-5-4-6-12(15)7-11/h4-7,10,18H,8H2,1-3H3. The Morgan fingerprint density at radius 3 is 2.79 bits per heavy atom. The molecular formula is C14H17FN2OS. The molecule has 2 aromatic rings. The van der Waals surface area contributed by atoms with Gasteiger partial charge < -0.3 is 10.0 Å². The highest BCUT2D eigenvalue weighted by Gasteiger charge is 2.14. The quantitative estimate of drug-likeness (QED) is 0.933. The summed E-state index contributed by atoms with van der Waals surface area (Å²) < 4.78 is 13.1. The lowest BCUT2D eigenvalue weighted by molar-refractivity contribution is 0.202. The lowest BCUT2D eigenvalue weighted by Gasteiger charge is -2.15. The minimum absolute atomic E-state index is 0.231. The smallest absolute Gasteiger partial charge is 0.185 e. The number of hydrogen-bond donors (Lipinski definition) is 1. The van der Waals surface area contributed by atoms with E-state index in [1.54, 1.807) is 13.0 Å². The highest BCUT2D eigenvalue weighted by atomic mass is 32.1. The monoisotopic (exact) mass is 280 g/mol. The van der Waals surface area contributed by atoms with Crippen LogP contribution in [-0.4, -0.2) is 17.1 Å². The van der Waals surface area contributed by atoms with Crippen LogP contribution in [0.2, 0.25) is 0 Å². The van der Waals surface area contributed by atoms with Gasteiger partial charge in [-0.1, -0.05) is 23.5 Å². The van der Waals surface area contributed by atoms with Crippen molar-refractivity contribution in [1.82, 2.24) is 4.98 Å². The van der Waals surface area contributed by atoms with E-state index in [4.69, 9.17) is 0 Å². The molecule has 2 rings (SSSR count). The van der Waals surface area contributed by atoms with Crippen molar-refractivity contribution in [2.75, 3.05) is 11.9 Å². The fraction of sp³-hybridized carbons (Fsp3) is 0.357. The van der Waals surface area contributed by atoms with Crippen molar-refractivity contribution < 1.29 is 9.50 Å². The molecule has 1 aromatic carbocycles. The van der Waals surface area contributed by atoms with Gasteiger partial charge in [0.05, 0.1) is 16.7 Å². The zero-order valence-electron chi connectivity index (χ0n) is 11.2. The van der Waals surface area contributed by atoms with E-state index in [0.717, 1.165) is 21.3 Å². The fourth-order valence-corrected chi connectivity index (χ4v) is 2.88. The molecule has 0 saturated heterocycles. The summed E-state index contributed by atoms with van der Waals surface area (Å²) in [5.41, 5.74) is 1.75. The van der Waals surface area contributed by atoms with Crippen molar-refractivity contribution in [2.45, 2.75) is 26.5 Å². The van der Waals surface area contributed by atoms with E-state index in [1.807, 2.05) is 24.9 Å². The molecule has 1 heterocycles. The summed E-state index contributed by atoms with van der Waals surface area (Å²) in [6.07, 6.45) is -0.506. The third-order valence-electron chi connectivity index (χ3n) is 2.84. The Kier molecular flexibility index (Phi) is 4.17. The normalized spacial score (nSPS) is 12.5. The topological polar surface area (TPSA) is 36.4 Å². The lowest BCUT2D eigenvalue weighted by atomic mass is 10.2. The molecule has 0 spiro atoms. The van der Waals surface area contributed by atoms with E-state index in [1.165, 1.54) is 23.5 Å². The second kappa shape index (κ2) is 5.67. The number of halogens is 1. The highest BCUT2D eigenvalue weighted by molar-refractivity contribution is 7.15. The Labute approximate surface area is 116 Å². The Balaban J connectivity index is 2.16. The number of thiazole rings is 1. The maximum absolute atomic E-state index is 13.1. The van der Waals surface area contributed by atoms with Gasteiger partial charge in [0.2, 0.25) is 0 Å². The number of aryl methyl sites for hydroxylation is 1. The Morgan fingerprint density at radius 2 is 2.21 bits per heavy atom. The largest absolute Gasteiger partial charge is 0.388 e. The zero-order valence-corrected chi connectivity index (χ0v) is 12.0. The minimum Gasteiger partial charge on any atom is -0.388 e. The van der Waals surface area contributed by atoms with E-state index in [9.17, 15) is 9.50 Å². The van der Waals surface area contributed by atoms with Crippen LogP contribution >= 0.6 is 11.3 Å². The summed E-state index contributed by atoms with van der Waals surface area (Å²) in [5.74, 6) is -0.231. The van der Waals surface area contributed by atoms with E-state index in [2.05, 4.69) is 4.98 Å². The van der Waals surface area contributed by atoms with Gasteiger partial charge in [0.25, 0.3) is 0 Å². The van der Waals surface area contributed by atoms with Gasteiger partial charge in [-0.05, 0) is 31.5 Å². The van der Waals surface area contributed by atoms with E-state index in [0.29, 0.717) is 6.54 Å². The highest BCUT2D eigenvalue weighted by Crippen LogP contribution is 2.30. The molecule has 0 saturated carbocycles.